The van der Waals surface area contributed by atoms with E-state index in [0.717, 1.165) is 43.7 Å². The smallest absolute Gasteiger partial charge is 0.317 e. The first-order chi connectivity index (χ1) is 12.6. The number of likely N-dealkylation sites (tertiary alicyclic amines) is 1. The van der Waals surface area contributed by atoms with E-state index in [1.165, 1.54) is 5.56 Å². The molecule has 0 spiro atoms. The van der Waals surface area contributed by atoms with Gasteiger partial charge in [0, 0.05) is 38.8 Å². The third-order valence-corrected chi connectivity index (χ3v) is 4.73. The Balaban J connectivity index is 1.41. The third-order valence-electron chi connectivity index (χ3n) is 4.73. The van der Waals surface area contributed by atoms with E-state index in [2.05, 4.69) is 23.4 Å². The predicted molar refractivity (Wildman–Crippen MR) is 101 cm³/mol. The Labute approximate surface area is 155 Å². The van der Waals surface area contributed by atoms with Crippen molar-refractivity contribution in [2.75, 3.05) is 26.2 Å². The number of ether oxygens (including phenoxy) is 1. The normalized spacial score (nSPS) is 17.2. The summed E-state index contributed by atoms with van der Waals surface area (Å²) in [5, 5.41) is 7.17. The van der Waals surface area contributed by atoms with Crippen LogP contribution in [0.3, 0.4) is 0 Å². The van der Waals surface area contributed by atoms with Gasteiger partial charge >= 0.3 is 6.03 Å². The highest BCUT2D eigenvalue weighted by atomic mass is 16.5. The Morgan fingerprint density at radius 3 is 3.08 bits per heavy atom. The van der Waals surface area contributed by atoms with Crippen LogP contribution in [0.15, 0.2) is 36.7 Å². The van der Waals surface area contributed by atoms with Crippen molar-refractivity contribution in [3.8, 4) is 5.75 Å². The molecule has 6 nitrogen and oxygen atoms in total. The third kappa shape index (κ3) is 5.25. The molecule has 0 saturated carbocycles. The van der Waals surface area contributed by atoms with Crippen molar-refractivity contribution in [3.05, 3.63) is 47.8 Å². The first-order valence-electron chi connectivity index (χ1n) is 9.30. The van der Waals surface area contributed by atoms with E-state index >= 15 is 0 Å². The molecule has 0 bridgehead atoms. The summed E-state index contributed by atoms with van der Waals surface area (Å²) < 4.78 is 7.71. The van der Waals surface area contributed by atoms with E-state index in [-0.39, 0.29) is 6.03 Å². The number of rotatable bonds is 6. The molecule has 1 aromatic carbocycles. The number of hydrogen-bond donors (Lipinski definition) is 1. The SMILES string of the molecule is Cc1cccc(OC[C@@H]2CCCN(C(=O)NCCc3cnn(C)c3)C2)c1. The second-order valence-corrected chi connectivity index (χ2v) is 7.09. The van der Waals surface area contributed by atoms with Crippen LogP contribution < -0.4 is 10.1 Å². The zero-order valence-corrected chi connectivity index (χ0v) is 15.6. The van der Waals surface area contributed by atoms with Gasteiger partial charge in [-0.25, -0.2) is 4.79 Å². The number of urea groups is 1. The zero-order chi connectivity index (χ0) is 18.4. The van der Waals surface area contributed by atoms with Crippen LogP contribution in [0, 0.1) is 12.8 Å². The maximum absolute atomic E-state index is 12.4. The summed E-state index contributed by atoms with van der Waals surface area (Å²) in [5.41, 5.74) is 2.33. The summed E-state index contributed by atoms with van der Waals surface area (Å²) >= 11 is 0. The molecule has 1 aromatic heterocycles. The fourth-order valence-electron chi connectivity index (χ4n) is 3.33. The number of amides is 2. The van der Waals surface area contributed by atoms with E-state index in [4.69, 9.17) is 4.74 Å². The second-order valence-electron chi connectivity index (χ2n) is 7.09. The number of carbonyl (C=O) groups is 1. The van der Waals surface area contributed by atoms with Gasteiger partial charge in [0.05, 0.1) is 12.8 Å². The summed E-state index contributed by atoms with van der Waals surface area (Å²) in [7, 11) is 1.90. The van der Waals surface area contributed by atoms with Crippen LogP contribution in [0.25, 0.3) is 0 Å². The largest absolute Gasteiger partial charge is 0.493 e. The number of carbonyl (C=O) groups excluding carboxylic acids is 1. The Hall–Kier alpha value is -2.50. The molecule has 1 N–H and O–H groups in total. The molecule has 2 heterocycles. The van der Waals surface area contributed by atoms with Crippen LogP contribution in [0.2, 0.25) is 0 Å². The summed E-state index contributed by atoms with van der Waals surface area (Å²) in [5.74, 6) is 1.29. The second kappa shape index (κ2) is 8.74. The lowest BCUT2D eigenvalue weighted by atomic mass is 9.99. The Bertz CT molecular complexity index is 728. The van der Waals surface area contributed by atoms with Crippen LogP contribution in [0.1, 0.15) is 24.0 Å². The van der Waals surface area contributed by atoms with E-state index < -0.39 is 0 Å². The topological polar surface area (TPSA) is 59.4 Å². The summed E-state index contributed by atoms with van der Waals surface area (Å²) in [6.45, 7) is 4.92. The Morgan fingerprint density at radius 2 is 2.31 bits per heavy atom. The average Bonchev–Trinajstić information content (AvgIpc) is 3.05. The van der Waals surface area contributed by atoms with Gasteiger partial charge in [-0.3, -0.25) is 4.68 Å². The minimum Gasteiger partial charge on any atom is -0.493 e. The number of hydrogen-bond acceptors (Lipinski definition) is 3. The lowest BCUT2D eigenvalue weighted by molar-refractivity contribution is 0.137. The zero-order valence-electron chi connectivity index (χ0n) is 15.6. The van der Waals surface area contributed by atoms with Gasteiger partial charge in [-0.15, -0.1) is 0 Å². The van der Waals surface area contributed by atoms with Crippen molar-refractivity contribution in [2.45, 2.75) is 26.2 Å². The molecule has 1 saturated heterocycles. The molecule has 140 valence electrons. The van der Waals surface area contributed by atoms with Crippen LogP contribution in [-0.2, 0) is 13.5 Å². The van der Waals surface area contributed by atoms with Gasteiger partial charge in [-0.2, -0.15) is 5.10 Å². The Kier molecular flexibility index (Phi) is 6.15. The van der Waals surface area contributed by atoms with Crippen LogP contribution in [0.4, 0.5) is 4.79 Å². The summed E-state index contributed by atoms with van der Waals surface area (Å²) in [6.07, 6.45) is 6.74. The number of nitrogens with one attached hydrogen (secondary N) is 1. The number of nitrogens with zero attached hydrogens (tertiary/aromatic N) is 3. The molecule has 0 unspecified atom stereocenters. The summed E-state index contributed by atoms with van der Waals surface area (Å²) in [6, 6.07) is 8.12. The molecule has 1 aliphatic heterocycles. The first-order valence-corrected chi connectivity index (χ1v) is 9.30. The predicted octanol–water partition coefficient (Wildman–Crippen LogP) is 2.77. The summed E-state index contributed by atoms with van der Waals surface area (Å²) in [4.78, 5) is 14.3. The van der Waals surface area contributed by atoms with Gasteiger partial charge in [-0.1, -0.05) is 12.1 Å². The van der Waals surface area contributed by atoms with Gasteiger partial charge in [0.15, 0.2) is 0 Å². The van der Waals surface area contributed by atoms with E-state index in [0.29, 0.717) is 19.1 Å². The molecule has 0 aliphatic carbocycles. The number of aryl methyl sites for hydroxylation is 2. The van der Waals surface area contributed by atoms with Crippen molar-refractivity contribution < 1.29 is 9.53 Å². The van der Waals surface area contributed by atoms with Crippen molar-refractivity contribution in [2.24, 2.45) is 13.0 Å². The van der Waals surface area contributed by atoms with E-state index in [1.807, 2.05) is 42.5 Å². The molecule has 1 atom stereocenters. The molecule has 2 aromatic rings. The van der Waals surface area contributed by atoms with Crippen molar-refractivity contribution in [1.29, 1.82) is 0 Å². The van der Waals surface area contributed by atoms with E-state index in [9.17, 15) is 4.79 Å². The number of piperidine rings is 1. The van der Waals surface area contributed by atoms with Gasteiger partial charge in [0.1, 0.15) is 5.75 Å². The molecule has 1 aliphatic rings. The standard InChI is InChI=1S/C20H28N4O2/c1-16-5-3-7-19(11-16)26-15-18-6-4-10-24(14-18)20(25)21-9-8-17-12-22-23(2)13-17/h3,5,7,11-13,18H,4,6,8-10,14-15H2,1-2H3,(H,21,25)/t18-/m1/s1. The molecule has 2 amide bonds. The fourth-order valence-corrected chi connectivity index (χ4v) is 3.33. The quantitative estimate of drug-likeness (QED) is 0.866. The van der Waals surface area contributed by atoms with Gasteiger partial charge in [0.25, 0.3) is 0 Å². The van der Waals surface area contributed by atoms with Crippen LogP contribution in [0.5, 0.6) is 5.75 Å². The van der Waals surface area contributed by atoms with E-state index in [1.54, 1.807) is 4.68 Å². The van der Waals surface area contributed by atoms with Crippen molar-refractivity contribution in [3.63, 3.8) is 0 Å². The highest BCUT2D eigenvalue weighted by molar-refractivity contribution is 5.74. The lowest BCUT2D eigenvalue weighted by Gasteiger charge is -2.32. The molecular weight excluding hydrogens is 328 g/mol. The number of benzene rings is 1. The average molecular weight is 356 g/mol. The first kappa shape index (κ1) is 18.3. The highest BCUT2D eigenvalue weighted by Crippen LogP contribution is 2.19. The van der Waals surface area contributed by atoms with Crippen molar-refractivity contribution in [1.82, 2.24) is 20.0 Å². The molecular formula is C20H28N4O2. The van der Waals surface area contributed by atoms with Crippen molar-refractivity contribution >= 4 is 6.03 Å². The molecule has 1 fully saturated rings. The molecule has 3 rings (SSSR count). The molecule has 26 heavy (non-hydrogen) atoms. The van der Waals surface area contributed by atoms with Gasteiger partial charge in [-0.05, 0) is 49.4 Å². The minimum atomic E-state index is 0.0224. The monoisotopic (exact) mass is 356 g/mol. The highest BCUT2D eigenvalue weighted by Gasteiger charge is 2.24. The fraction of sp³-hybridized carbons (Fsp3) is 0.500. The number of aromatic nitrogens is 2. The van der Waals surface area contributed by atoms with Crippen LogP contribution in [-0.4, -0.2) is 47.0 Å². The van der Waals surface area contributed by atoms with Crippen LogP contribution >= 0.6 is 0 Å². The molecule has 0 radical (unpaired) electrons. The lowest BCUT2D eigenvalue weighted by Crippen LogP contribution is -2.47. The minimum absolute atomic E-state index is 0.0224. The molecule has 6 heteroatoms. The maximum atomic E-state index is 12.4. The Morgan fingerprint density at radius 1 is 1.42 bits per heavy atom. The maximum Gasteiger partial charge on any atom is 0.317 e. The van der Waals surface area contributed by atoms with Gasteiger partial charge < -0.3 is 15.0 Å². The van der Waals surface area contributed by atoms with Gasteiger partial charge in [0.2, 0.25) is 0 Å².